The maximum absolute atomic E-state index is 12.1. The molecule has 1 aromatic carbocycles. The van der Waals surface area contributed by atoms with Crippen molar-refractivity contribution in [1.82, 2.24) is 5.32 Å². The lowest BCUT2D eigenvalue weighted by Gasteiger charge is -2.25. The fourth-order valence-corrected chi connectivity index (χ4v) is 1.90. The number of carbonyl (C=O) groups excluding carboxylic acids is 2. The fourth-order valence-electron chi connectivity index (χ4n) is 1.90. The van der Waals surface area contributed by atoms with Crippen LogP contribution in [-0.2, 0) is 14.3 Å². The molecule has 0 saturated heterocycles. The molecule has 0 aliphatic heterocycles. The van der Waals surface area contributed by atoms with Gasteiger partial charge in [-0.2, -0.15) is 0 Å². The monoisotopic (exact) mass is 307 g/mol. The van der Waals surface area contributed by atoms with Crippen molar-refractivity contribution in [2.45, 2.75) is 52.2 Å². The number of esters is 1. The lowest BCUT2D eigenvalue weighted by molar-refractivity contribution is -0.150. The Hall–Kier alpha value is -2.04. The molecule has 22 heavy (non-hydrogen) atoms. The minimum atomic E-state index is -1.09. The summed E-state index contributed by atoms with van der Waals surface area (Å²) in [6.07, 6.45) is -0.714. The van der Waals surface area contributed by atoms with E-state index in [0.717, 1.165) is 0 Å². The topological polar surface area (TPSA) is 64.6 Å². The summed E-state index contributed by atoms with van der Waals surface area (Å²) >= 11 is 0. The Morgan fingerprint density at radius 3 is 2.09 bits per heavy atom. The maximum Gasteiger partial charge on any atom is 0.330 e. The van der Waals surface area contributed by atoms with E-state index in [1.165, 1.54) is 12.7 Å². The summed E-state index contributed by atoms with van der Waals surface area (Å²) in [6, 6.07) is 7.63. The normalized spacial score (nSPS) is 12.7. The standard InChI is InChI=1S/C17H25NO4/c1-11(2)13-7-9-14(10-8-13)22-12(3)15(19)18-17(4,5)16(20)21-6/h7-12H,1-6H3,(H,18,19). The summed E-state index contributed by atoms with van der Waals surface area (Å²) in [5, 5.41) is 2.62. The number of rotatable bonds is 6. The zero-order chi connectivity index (χ0) is 16.9. The minimum absolute atomic E-state index is 0.372. The lowest BCUT2D eigenvalue weighted by atomic mass is 10.0. The highest BCUT2D eigenvalue weighted by Gasteiger charge is 2.32. The second-order valence-corrected chi connectivity index (χ2v) is 6.09. The Kier molecular flexibility index (Phi) is 5.97. The van der Waals surface area contributed by atoms with Gasteiger partial charge in [0.2, 0.25) is 0 Å². The number of hydrogen-bond donors (Lipinski definition) is 1. The van der Waals surface area contributed by atoms with Crippen LogP contribution in [0.15, 0.2) is 24.3 Å². The highest BCUT2D eigenvalue weighted by molar-refractivity contribution is 5.89. The average Bonchev–Trinajstić information content (AvgIpc) is 2.46. The number of benzene rings is 1. The molecule has 0 aromatic heterocycles. The van der Waals surface area contributed by atoms with Gasteiger partial charge in [0.05, 0.1) is 7.11 Å². The second-order valence-electron chi connectivity index (χ2n) is 6.09. The first-order chi connectivity index (χ1) is 10.2. The molecule has 1 N–H and O–H groups in total. The zero-order valence-electron chi connectivity index (χ0n) is 14.1. The van der Waals surface area contributed by atoms with Crippen molar-refractivity contribution in [2.75, 3.05) is 7.11 Å². The molecule has 0 heterocycles. The van der Waals surface area contributed by atoms with Crippen molar-refractivity contribution >= 4 is 11.9 Å². The van der Waals surface area contributed by atoms with E-state index in [1.807, 2.05) is 24.3 Å². The smallest absolute Gasteiger partial charge is 0.330 e. The molecule has 1 rings (SSSR count). The van der Waals surface area contributed by atoms with E-state index in [9.17, 15) is 9.59 Å². The first kappa shape index (κ1) is 18.0. The van der Waals surface area contributed by atoms with Crippen LogP contribution in [0.1, 0.15) is 46.1 Å². The van der Waals surface area contributed by atoms with Crippen molar-refractivity contribution < 1.29 is 19.1 Å². The van der Waals surface area contributed by atoms with E-state index in [-0.39, 0.29) is 5.91 Å². The highest BCUT2D eigenvalue weighted by Crippen LogP contribution is 2.19. The van der Waals surface area contributed by atoms with Crippen LogP contribution in [0.2, 0.25) is 0 Å². The van der Waals surface area contributed by atoms with Gasteiger partial charge in [-0.1, -0.05) is 26.0 Å². The summed E-state index contributed by atoms with van der Waals surface area (Å²) in [5.41, 5.74) is 0.113. The van der Waals surface area contributed by atoms with E-state index in [4.69, 9.17) is 4.74 Å². The Bertz CT molecular complexity index is 520. The molecule has 0 fully saturated rings. The maximum atomic E-state index is 12.1. The number of amides is 1. The Labute approximate surface area is 132 Å². The summed E-state index contributed by atoms with van der Waals surface area (Å²) < 4.78 is 10.3. The van der Waals surface area contributed by atoms with Gasteiger partial charge >= 0.3 is 5.97 Å². The quantitative estimate of drug-likeness (QED) is 0.821. The molecule has 1 atom stereocenters. The Morgan fingerprint density at radius 1 is 1.09 bits per heavy atom. The van der Waals surface area contributed by atoms with E-state index < -0.39 is 17.6 Å². The predicted octanol–water partition coefficient (Wildman–Crippen LogP) is 2.65. The molecule has 1 unspecified atom stereocenters. The van der Waals surface area contributed by atoms with Crippen LogP contribution in [0.4, 0.5) is 0 Å². The highest BCUT2D eigenvalue weighted by atomic mass is 16.5. The Balaban J connectivity index is 2.66. The van der Waals surface area contributed by atoms with Crippen molar-refractivity contribution in [2.24, 2.45) is 0 Å². The third kappa shape index (κ3) is 4.76. The van der Waals surface area contributed by atoms with Crippen molar-refractivity contribution in [3.8, 4) is 5.75 Å². The van der Waals surface area contributed by atoms with Crippen LogP contribution in [0, 0.1) is 0 Å². The van der Waals surface area contributed by atoms with Crippen LogP contribution in [0.5, 0.6) is 5.75 Å². The third-order valence-corrected chi connectivity index (χ3v) is 3.36. The van der Waals surface area contributed by atoms with Gasteiger partial charge in [0.1, 0.15) is 11.3 Å². The van der Waals surface area contributed by atoms with Crippen LogP contribution in [0.3, 0.4) is 0 Å². The number of nitrogens with one attached hydrogen (secondary N) is 1. The first-order valence-corrected chi connectivity index (χ1v) is 7.34. The van der Waals surface area contributed by atoms with Gasteiger partial charge in [-0.25, -0.2) is 4.79 Å². The molecule has 1 amide bonds. The van der Waals surface area contributed by atoms with Crippen molar-refractivity contribution in [3.63, 3.8) is 0 Å². The fraction of sp³-hybridized carbons (Fsp3) is 0.529. The molecule has 0 bridgehead atoms. The van der Waals surface area contributed by atoms with Gasteiger partial charge in [0.15, 0.2) is 6.10 Å². The average molecular weight is 307 g/mol. The van der Waals surface area contributed by atoms with Crippen LogP contribution in [-0.4, -0.2) is 30.6 Å². The summed E-state index contributed by atoms with van der Waals surface area (Å²) in [6.45, 7) is 9.03. The summed E-state index contributed by atoms with van der Waals surface area (Å²) in [7, 11) is 1.28. The number of methoxy groups -OCH3 is 1. The third-order valence-electron chi connectivity index (χ3n) is 3.36. The van der Waals surface area contributed by atoms with Crippen LogP contribution in [0.25, 0.3) is 0 Å². The number of hydrogen-bond acceptors (Lipinski definition) is 4. The van der Waals surface area contributed by atoms with E-state index in [1.54, 1.807) is 20.8 Å². The second kappa shape index (κ2) is 7.29. The Morgan fingerprint density at radius 2 is 1.64 bits per heavy atom. The molecular formula is C17H25NO4. The summed E-state index contributed by atoms with van der Waals surface area (Å²) in [5.74, 6) is 0.177. The van der Waals surface area contributed by atoms with Crippen molar-refractivity contribution in [1.29, 1.82) is 0 Å². The molecule has 0 spiro atoms. The van der Waals surface area contributed by atoms with Crippen LogP contribution >= 0.6 is 0 Å². The molecule has 0 radical (unpaired) electrons. The van der Waals surface area contributed by atoms with Crippen molar-refractivity contribution in [3.05, 3.63) is 29.8 Å². The predicted molar refractivity (Wildman–Crippen MR) is 84.9 cm³/mol. The van der Waals surface area contributed by atoms with E-state index >= 15 is 0 Å². The van der Waals surface area contributed by atoms with Gasteiger partial charge in [0, 0.05) is 0 Å². The summed E-state index contributed by atoms with van der Waals surface area (Å²) in [4.78, 5) is 23.7. The van der Waals surface area contributed by atoms with Gasteiger partial charge in [-0.15, -0.1) is 0 Å². The molecule has 5 heteroatoms. The minimum Gasteiger partial charge on any atom is -0.481 e. The molecule has 1 aromatic rings. The van der Waals surface area contributed by atoms with Crippen LogP contribution < -0.4 is 10.1 Å². The first-order valence-electron chi connectivity index (χ1n) is 7.34. The molecule has 0 aliphatic rings. The molecular weight excluding hydrogens is 282 g/mol. The number of ether oxygens (including phenoxy) is 2. The van der Waals surface area contributed by atoms with E-state index in [2.05, 4.69) is 23.9 Å². The van der Waals surface area contributed by atoms with Gasteiger partial charge in [-0.3, -0.25) is 4.79 Å². The van der Waals surface area contributed by atoms with Gasteiger partial charge in [0.25, 0.3) is 5.91 Å². The molecule has 5 nitrogen and oxygen atoms in total. The van der Waals surface area contributed by atoms with Gasteiger partial charge < -0.3 is 14.8 Å². The van der Waals surface area contributed by atoms with E-state index in [0.29, 0.717) is 11.7 Å². The largest absolute Gasteiger partial charge is 0.481 e. The molecule has 0 saturated carbocycles. The SMILES string of the molecule is COC(=O)C(C)(C)NC(=O)C(C)Oc1ccc(C(C)C)cc1. The molecule has 0 aliphatic carbocycles. The number of carbonyl (C=O) groups is 2. The lowest BCUT2D eigenvalue weighted by Crippen LogP contribution is -2.53. The van der Waals surface area contributed by atoms with Gasteiger partial charge in [-0.05, 0) is 44.4 Å². The zero-order valence-corrected chi connectivity index (χ0v) is 14.1. The molecule has 122 valence electrons.